The van der Waals surface area contributed by atoms with Crippen molar-refractivity contribution in [3.8, 4) is 0 Å². The number of aliphatic carboxylic acids is 1. The molecule has 0 spiro atoms. The minimum absolute atomic E-state index is 0. The van der Waals surface area contributed by atoms with Crippen molar-refractivity contribution in [3.05, 3.63) is 0 Å². The van der Waals surface area contributed by atoms with Crippen molar-refractivity contribution in [2.24, 2.45) is 0 Å². The van der Waals surface area contributed by atoms with E-state index < -0.39 is 11.8 Å². The fraction of sp³-hybridized carbons (Fsp3) is 0.400. The van der Waals surface area contributed by atoms with E-state index >= 15 is 0 Å². The third-order valence-electron chi connectivity index (χ3n) is 0.301. The van der Waals surface area contributed by atoms with Gasteiger partial charge in [-0.15, -0.1) is 0 Å². The molecule has 5 heteroatoms. The van der Waals surface area contributed by atoms with Crippen LogP contribution in [0.2, 0.25) is 0 Å². The van der Waals surface area contributed by atoms with Crippen LogP contribution in [-0.4, -0.2) is 23.1 Å². The Labute approximate surface area is 73.5 Å². The Morgan fingerprint density at radius 1 is 1.40 bits per heavy atom. The van der Waals surface area contributed by atoms with Gasteiger partial charge in [0.2, 0.25) is 5.78 Å². The van der Waals surface area contributed by atoms with E-state index in [0.29, 0.717) is 0 Å². The zero-order valence-electron chi connectivity index (χ0n) is 5.67. The number of hydrogen-bond donors (Lipinski definition) is 1. The van der Waals surface area contributed by atoms with Crippen LogP contribution in [0.3, 0.4) is 0 Å². The van der Waals surface area contributed by atoms with Gasteiger partial charge in [-0.2, -0.15) is 6.92 Å². The third-order valence-corrected chi connectivity index (χ3v) is 0.301. The van der Waals surface area contributed by atoms with Crippen molar-refractivity contribution >= 4 is 18.0 Å². The van der Waals surface area contributed by atoms with Crippen LogP contribution in [0.4, 0.5) is 0 Å². The molecule has 1 N–H and O–H groups in total. The third kappa shape index (κ3) is 25.8. The largest absolute Gasteiger partial charge is 0.542 e. The molecule has 0 amide bonds. The van der Waals surface area contributed by atoms with E-state index in [2.05, 4.69) is 0 Å². The normalized spacial score (nSPS) is 5.80. The van der Waals surface area contributed by atoms with Gasteiger partial charge in [0.25, 0.3) is 0 Å². The van der Waals surface area contributed by atoms with E-state index in [1.54, 1.807) is 0 Å². The maximum atomic E-state index is 9.54. The second-order valence-electron chi connectivity index (χ2n) is 1.07. The first kappa shape index (κ1) is 16.3. The molecule has 0 saturated carbocycles. The van der Waals surface area contributed by atoms with Crippen molar-refractivity contribution in [3.63, 3.8) is 0 Å². The maximum absolute atomic E-state index is 9.54. The number of carboxylic acid groups (broad SMARTS) is 1. The summed E-state index contributed by atoms with van der Waals surface area (Å²) in [7, 11) is 0. The average Bonchev–Trinajstić information content (AvgIpc) is 1.68. The molecule has 0 aliphatic rings. The monoisotopic (exact) mass is 179 g/mol. The van der Waals surface area contributed by atoms with Gasteiger partial charge in [0.15, 0.2) is 0 Å². The van der Waals surface area contributed by atoms with Crippen molar-refractivity contribution in [2.45, 2.75) is 13.8 Å². The molecular formula is C5H7O4Ti-. The predicted octanol–water partition coefficient (Wildman–Crippen LogP) is -0.226. The molecule has 0 aromatic carbocycles. The van der Waals surface area contributed by atoms with Crippen LogP contribution in [-0.2, 0) is 36.1 Å². The van der Waals surface area contributed by atoms with E-state index in [1.807, 2.05) is 0 Å². The Morgan fingerprint density at radius 2 is 1.50 bits per heavy atom. The number of rotatable bonds is 1. The number of ketones is 1. The first-order valence-electron chi connectivity index (χ1n) is 2.09. The van der Waals surface area contributed by atoms with E-state index in [1.165, 1.54) is 13.2 Å². The average molecular weight is 179 g/mol. The Hall–Kier alpha value is -0.476. The summed E-state index contributed by atoms with van der Waals surface area (Å²) in [5, 5.41) is 7.64. The minimum Gasteiger partial charge on any atom is -0.542 e. The molecular weight excluding hydrogens is 172 g/mol. The molecule has 0 atom stereocenters. The Balaban J connectivity index is -0.000000107. The zero-order chi connectivity index (χ0) is 7.86. The zero-order valence-corrected chi connectivity index (χ0v) is 7.23. The first-order chi connectivity index (χ1) is 4.06. The van der Waals surface area contributed by atoms with Crippen molar-refractivity contribution in [1.82, 2.24) is 0 Å². The van der Waals surface area contributed by atoms with Crippen LogP contribution in [0, 0.1) is 0 Å². The topological polar surface area (TPSA) is 71.4 Å². The maximum Gasteiger partial charge on any atom is 0.371 e. The van der Waals surface area contributed by atoms with E-state index in [0.717, 1.165) is 6.92 Å². The molecule has 0 heterocycles. The molecule has 0 aliphatic carbocycles. The van der Waals surface area contributed by atoms with Crippen LogP contribution >= 0.6 is 0 Å². The van der Waals surface area contributed by atoms with Crippen molar-refractivity contribution in [1.29, 1.82) is 0 Å². The second kappa shape index (κ2) is 11.3. The summed E-state index contributed by atoms with van der Waals surface area (Å²) in [5.74, 6) is -2.20. The summed E-state index contributed by atoms with van der Waals surface area (Å²) in [4.78, 5) is 27.6. The number of carbonyl (C=O) groups excluding carboxylic acids is 2. The Morgan fingerprint density at radius 3 is 1.50 bits per heavy atom. The molecule has 56 valence electrons. The minimum atomic E-state index is -1.38. The predicted molar refractivity (Wildman–Crippen MR) is 29.7 cm³/mol. The van der Waals surface area contributed by atoms with Crippen LogP contribution in [0.15, 0.2) is 0 Å². The van der Waals surface area contributed by atoms with Gasteiger partial charge in [-0.3, -0.25) is 11.1 Å². The van der Waals surface area contributed by atoms with E-state index in [4.69, 9.17) is 9.90 Å². The van der Waals surface area contributed by atoms with Crippen LogP contribution in [0.5, 0.6) is 0 Å². The molecule has 0 saturated heterocycles. The van der Waals surface area contributed by atoms with Gasteiger partial charge in [0.05, 0.1) is 0 Å². The number of carbonyl (C=O) groups is 2. The van der Waals surface area contributed by atoms with Gasteiger partial charge in [-0.05, 0) is 0 Å². The van der Waals surface area contributed by atoms with Gasteiger partial charge >= 0.3 is 5.97 Å². The smallest absolute Gasteiger partial charge is 0.371 e. The Bertz CT molecular complexity index is 109. The van der Waals surface area contributed by atoms with Gasteiger partial charge in [-0.25, -0.2) is 4.79 Å². The molecule has 0 fully saturated rings. The van der Waals surface area contributed by atoms with Crippen LogP contribution < -0.4 is 0 Å². The fourth-order valence-corrected chi connectivity index (χ4v) is 0. The van der Waals surface area contributed by atoms with Crippen LogP contribution in [0.1, 0.15) is 13.8 Å². The van der Waals surface area contributed by atoms with Gasteiger partial charge in [0.1, 0.15) is 0 Å². The van der Waals surface area contributed by atoms with Gasteiger partial charge in [0, 0.05) is 28.6 Å². The van der Waals surface area contributed by atoms with Crippen molar-refractivity contribution in [2.75, 3.05) is 0 Å². The SMILES string of the molecule is CC(=O)C(=O)O.C[C-]=O.[Ti]. The summed E-state index contributed by atoms with van der Waals surface area (Å²) < 4.78 is 0. The summed E-state index contributed by atoms with van der Waals surface area (Å²) in [6.45, 7) is 2.32. The van der Waals surface area contributed by atoms with Gasteiger partial charge in [-0.1, -0.05) is 0 Å². The molecule has 0 aromatic rings. The molecule has 0 aliphatic heterocycles. The molecule has 0 radical (unpaired) electrons. The van der Waals surface area contributed by atoms with E-state index in [9.17, 15) is 9.59 Å². The summed E-state index contributed by atoms with van der Waals surface area (Å²) in [6, 6.07) is 0. The van der Waals surface area contributed by atoms with Crippen LogP contribution in [0.25, 0.3) is 0 Å². The molecule has 0 unspecified atom stereocenters. The Kier molecular flexibility index (Phi) is 18.4. The number of carboxylic acids is 1. The summed E-state index contributed by atoms with van der Waals surface area (Å²) >= 11 is 0. The van der Waals surface area contributed by atoms with E-state index in [-0.39, 0.29) is 21.7 Å². The van der Waals surface area contributed by atoms with Crippen molar-refractivity contribution < 1.29 is 41.2 Å². The second-order valence-corrected chi connectivity index (χ2v) is 1.07. The summed E-state index contributed by atoms with van der Waals surface area (Å²) in [5.41, 5.74) is 0. The van der Waals surface area contributed by atoms with Gasteiger partial charge < -0.3 is 9.90 Å². The first-order valence-corrected chi connectivity index (χ1v) is 2.09. The molecule has 0 bridgehead atoms. The molecule has 4 nitrogen and oxygen atoms in total. The molecule has 0 rings (SSSR count). The number of Topliss-reactive ketones (excluding diaryl/α,β-unsaturated/α-hetero) is 1. The standard InChI is InChI=1S/C3H4O3.C2H3O.Ti/c1-2(4)3(5)6;1-2-3;/h1H3,(H,5,6);1H3;/q;-1;. The quantitative estimate of drug-likeness (QED) is 0.343. The number of hydrogen-bond acceptors (Lipinski definition) is 3. The summed E-state index contributed by atoms with van der Waals surface area (Å²) in [6.07, 6.45) is 1.50. The molecule has 10 heavy (non-hydrogen) atoms. The molecule has 0 aromatic heterocycles. The fourth-order valence-electron chi connectivity index (χ4n) is 0.